The third-order valence-corrected chi connectivity index (χ3v) is 5.63. The number of likely N-dealkylation sites (tertiary alicyclic amines) is 1. The van der Waals surface area contributed by atoms with Gasteiger partial charge in [0.1, 0.15) is 0 Å². The van der Waals surface area contributed by atoms with Crippen molar-refractivity contribution < 1.29 is 0 Å². The molecule has 0 saturated carbocycles. The molecule has 2 nitrogen and oxygen atoms in total. The number of hydrogen-bond acceptors (Lipinski definition) is 3. The van der Waals surface area contributed by atoms with E-state index in [1.54, 1.807) is 0 Å². The Hall–Kier alpha value is -1.19. The van der Waals surface area contributed by atoms with Crippen LogP contribution in [0.25, 0.3) is 6.08 Å². The Labute approximate surface area is 153 Å². The molecule has 0 aromatic heterocycles. The summed E-state index contributed by atoms with van der Waals surface area (Å²) >= 11 is 4.57. The van der Waals surface area contributed by atoms with E-state index in [1.807, 2.05) is 13.0 Å². The maximum atomic E-state index is 5.89. The first-order valence-electron chi connectivity index (χ1n) is 9.17. The Morgan fingerprint density at radius 3 is 2.88 bits per heavy atom. The predicted octanol–water partition coefficient (Wildman–Crippen LogP) is 4.80. The van der Waals surface area contributed by atoms with Gasteiger partial charge in [-0.15, -0.1) is 12.6 Å². The van der Waals surface area contributed by atoms with Crippen molar-refractivity contribution in [2.24, 2.45) is 5.73 Å². The summed E-state index contributed by atoms with van der Waals surface area (Å²) in [4.78, 5) is 3.59. The van der Waals surface area contributed by atoms with Crippen LogP contribution in [0.2, 0.25) is 0 Å². The fourth-order valence-corrected chi connectivity index (χ4v) is 3.75. The number of nitrogens with two attached hydrogens (primary N) is 1. The van der Waals surface area contributed by atoms with Gasteiger partial charge in [0.2, 0.25) is 0 Å². The van der Waals surface area contributed by atoms with Gasteiger partial charge in [0.25, 0.3) is 0 Å². The van der Waals surface area contributed by atoms with Crippen LogP contribution in [-0.2, 0) is 12.8 Å². The lowest BCUT2D eigenvalue weighted by Gasteiger charge is -2.36. The van der Waals surface area contributed by atoms with Gasteiger partial charge in [-0.2, -0.15) is 0 Å². The highest BCUT2D eigenvalue weighted by molar-refractivity contribution is 7.84. The molecule has 2 rings (SSSR count). The minimum absolute atomic E-state index is 0.643. The van der Waals surface area contributed by atoms with Crippen LogP contribution < -0.4 is 5.73 Å². The molecule has 3 heteroatoms. The van der Waals surface area contributed by atoms with Gasteiger partial charge >= 0.3 is 0 Å². The van der Waals surface area contributed by atoms with Crippen LogP contribution in [-0.4, -0.2) is 24.0 Å². The summed E-state index contributed by atoms with van der Waals surface area (Å²) in [5, 5.41) is 0. The van der Waals surface area contributed by atoms with E-state index in [2.05, 4.69) is 49.2 Å². The van der Waals surface area contributed by atoms with Crippen molar-refractivity contribution in [1.82, 2.24) is 4.90 Å². The first-order chi connectivity index (χ1) is 11.5. The standard InChI is InChI=1S/C21H32N2S/c1-4-18-11-9-17(14-19(18)5-2)10-12-20-8-6-7-13-23(20)15-21(24)16(3)22/h4,9,11,14,20,24H,1,5-8,10,12-13,15,22H2,2-3H3/b21-16-. The smallest absolute Gasteiger partial charge is 0.0311 e. The molecule has 0 aliphatic carbocycles. The number of hydrogen-bond donors (Lipinski definition) is 2. The lowest BCUT2D eigenvalue weighted by molar-refractivity contribution is 0.155. The zero-order valence-corrected chi connectivity index (χ0v) is 16.1. The lowest BCUT2D eigenvalue weighted by atomic mass is 9.94. The molecule has 1 atom stereocenters. The zero-order chi connectivity index (χ0) is 17.5. The van der Waals surface area contributed by atoms with Gasteiger partial charge in [-0.1, -0.05) is 44.2 Å². The van der Waals surface area contributed by atoms with E-state index < -0.39 is 0 Å². The van der Waals surface area contributed by atoms with E-state index in [0.717, 1.165) is 36.5 Å². The number of rotatable bonds is 7. The summed E-state index contributed by atoms with van der Waals surface area (Å²) in [6.07, 6.45) is 9.28. The Balaban J connectivity index is 2.00. The molecule has 132 valence electrons. The topological polar surface area (TPSA) is 29.3 Å². The lowest BCUT2D eigenvalue weighted by Crippen LogP contribution is -2.40. The normalized spacial score (nSPS) is 19.9. The molecule has 1 aromatic carbocycles. The van der Waals surface area contributed by atoms with Gasteiger partial charge in [-0.25, -0.2) is 0 Å². The van der Waals surface area contributed by atoms with Crippen LogP contribution >= 0.6 is 12.6 Å². The predicted molar refractivity (Wildman–Crippen MR) is 109 cm³/mol. The molecule has 1 saturated heterocycles. The minimum Gasteiger partial charge on any atom is -0.402 e. The first-order valence-corrected chi connectivity index (χ1v) is 9.62. The molecule has 0 radical (unpaired) electrons. The van der Waals surface area contributed by atoms with E-state index in [0.29, 0.717) is 6.04 Å². The third-order valence-electron chi connectivity index (χ3n) is 5.13. The number of thiol groups is 1. The second-order valence-electron chi connectivity index (χ2n) is 6.88. The molecule has 24 heavy (non-hydrogen) atoms. The molecule has 1 fully saturated rings. The van der Waals surface area contributed by atoms with Gasteiger partial charge in [0, 0.05) is 23.2 Å². The van der Waals surface area contributed by atoms with Crippen LogP contribution in [0.5, 0.6) is 0 Å². The molecule has 0 spiro atoms. The average molecular weight is 345 g/mol. The van der Waals surface area contributed by atoms with Crippen molar-refractivity contribution in [1.29, 1.82) is 0 Å². The van der Waals surface area contributed by atoms with Gasteiger partial charge in [0.15, 0.2) is 0 Å². The molecular weight excluding hydrogens is 312 g/mol. The summed E-state index contributed by atoms with van der Waals surface area (Å²) in [6.45, 7) is 10.1. The number of aryl methyl sites for hydroxylation is 2. The monoisotopic (exact) mass is 344 g/mol. The largest absolute Gasteiger partial charge is 0.402 e. The minimum atomic E-state index is 0.643. The van der Waals surface area contributed by atoms with Crippen LogP contribution in [0.3, 0.4) is 0 Å². The van der Waals surface area contributed by atoms with Crippen molar-refractivity contribution in [3.05, 3.63) is 52.1 Å². The van der Waals surface area contributed by atoms with Crippen molar-refractivity contribution in [2.45, 2.75) is 58.4 Å². The Bertz CT molecular complexity index is 588. The van der Waals surface area contributed by atoms with Crippen LogP contribution in [0, 0.1) is 0 Å². The van der Waals surface area contributed by atoms with Crippen molar-refractivity contribution in [3.8, 4) is 0 Å². The summed E-state index contributed by atoms with van der Waals surface area (Å²) < 4.78 is 0. The van der Waals surface area contributed by atoms with Crippen LogP contribution in [0.4, 0.5) is 0 Å². The highest BCUT2D eigenvalue weighted by atomic mass is 32.1. The van der Waals surface area contributed by atoms with E-state index in [9.17, 15) is 0 Å². The van der Waals surface area contributed by atoms with Gasteiger partial charge in [-0.3, -0.25) is 4.90 Å². The van der Waals surface area contributed by atoms with Crippen molar-refractivity contribution >= 4 is 18.7 Å². The fraction of sp³-hybridized carbons (Fsp3) is 0.524. The maximum Gasteiger partial charge on any atom is 0.0311 e. The summed E-state index contributed by atoms with van der Waals surface area (Å²) in [6, 6.07) is 7.48. The Kier molecular flexibility index (Phi) is 7.44. The second kappa shape index (κ2) is 9.33. The van der Waals surface area contributed by atoms with Crippen molar-refractivity contribution in [3.63, 3.8) is 0 Å². The highest BCUT2D eigenvalue weighted by Gasteiger charge is 2.22. The average Bonchev–Trinajstić information content (AvgIpc) is 2.60. The van der Waals surface area contributed by atoms with E-state index in [4.69, 9.17) is 5.73 Å². The molecule has 1 aliphatic heterocycles. The Morgan fingerprint density at radius 1 is 1.42 bits per heavy atom. The van der Waals surface area contributed by atoms with Crippen LogP contribution in [0.1, 0.15) is 56.2 Å². The number of benzene rings is 1. The second-order valence-corrected chi connectivity index (χ2v) is 7.42. The third kappa shape index (κ3) is 5.15. The molecule has 0 bridgehead atoms. The van der Waals surface area contributed by atoms with E-state index >= 15 is 0 Å². The summed E-state index contributed by atoms with van der Waals surface area (Å²) in [5.41, 5.74) is 10.9. The van der Waals surface area contributed by atoms with Gasteiger partial charge in [0.05, 0.1) is 0 Å². The molecule has 1 aliphatic rings. The SMILES string of the molecule is C=Cc1ccc(CCC2CCCCN2C/C(S)=C(\C)N)cc1CC. The number of nitrogens with zero attached hydrogens (tertiary/aromatic N) is 1. The number of allylic oxidation sites excluding steroid dienone is 1. The Morgan fingerprint density at radius 2 is 2.21 bits per heavy atom. The van der Waals surface area contributed by atoms with Crippen molar-refractivity contribution in [2.75, 3.05) is 13.1 Å². The van der Waals surface area contributed by atoms with E-state index in [-0.39, 0.29) is 0 Å². The van der Waals surface area contributed by atoms with E-state index in [1.165, 1.54) is 42.4 Å². The highest BCUT2D eigenvalue weighted by Crippen LogP contribution is 2.24. The van der Waals surface area contributed by atoms with Gasteiger partial charge < -0.3 is 5.73 Å². The summed E-state index contributed by atoms with van der Waals surface area (Å²) in [7, 11) is 0. The van der Waals surface area contributed by atoms with Gasteiger partial charge in [-0.05, 0) is 62.3 Å². The molecule has 2 N–H and O–H groups in total. The zero-order valence-electron chi connectivity index (χ0n) is 15.2. The molecule has 1 aromatic rings. The summed E-state index contributed by atoms with van der Waals surface area (Å²) in [5.74, 6) is 0. The molecule has 1 heterocycles. The fourth-order valence-electron chi connectivity index (χ4n) is 3.57. The molecule has 0 amide bonds. The quantitative estimate of drug-likeness (QED) is 0.696. The van der Waals surface area contributed by atoms with Crippen LogP contribution in [0.15, 0.2) is 35.4 Å². The molecule has 1 unspecified atom stereocenters. The molecular formula is C21H32N2S. The maximum absolute atomic E-state index is 5.89. The first kappa shape index (κ1) is 19.1. The number of piperidine rings is 1.